The standard InChI is InChI=1S/C26H29N7O2/c27-17-31-26(29)25-21(13-23(32-25)24(34)16-33-8-10-35-11-9-33)19-6-7-20(22(28)12-19)15-30-14-18-4-2-1-3-5-18/h1-7,12-13,15,17,32H,8-11,14,16,28H2,(H3,27,29,31). The van der Waals surface area contributed by atoms with Gasteiger partial charge >= 0.3 is 0 Å². The number of morpholine rings is 1. The number of ketones is 1. The van der Waals surface area contributed by atoms with Crippen LogP contribution in [0.25, 0.3) is 11.1 Å². The Kier molecular flexibility index (Phi) is 7.81. The van der Waals surface area contributed by atoms with E-state index in [0.29, 0.717) is 55.5 Å². The number of carbonyl (C=O) groups is 1. The number of nitrogens with zero attached hydrogens (tertiary/aromatic N) is 3. The Morgan fingerprint density at radius 2 is 1.91 bits per heavy atom. The molecule has 1 aromatic heterocycles. The lowest BCUT2D eigenvalue weighted by atomic mass is 10.0. The second kappa shape index (κ2) is 11.4. The molecule has 2 aromatic carbocycles. The van der Waals surface area contributed by atoms with E-state index in [1.165, 1.54) is 0 Å². The van der Waals surface area contributed by atoms with E-state index in [1.807, 2.05) is 48.5 Å². The lowest BCUT2D eigenvalue weighted by molar-refractivity contribution is 0.0370. The molecule has 0 atom stereocenters. The second-order valence-corrected chi connectivity index (χ2v) is 8.23. The minimum absolute atomic E-state index is 0.0558. The molecule has 1 fully saturated rings. The highest BCUT2D eigenvalue weighted by atomic mass is 16.5. The summed E-state index contributed by atoms with van der Waals surface area (Å²) in [6.45, 7) is 3.51. The van der Waals surface area contributed by atoms with Crippen LogP contribution in [0.1, 0.15) is 27.3 Å². The summed E-state index contributed by atoms with van der Waals surface area (Å²) in [5, 5.41) is 7.28. The number of Topliss-reactive ketones (excluding diaryl/α,β-unsaturated/α-hetero) is 1. The molecule has 6 N–H and O–H groups in total. The first-order valence-electron chi connectivity index (χ1n) is 11.4. The van der Waals surface area contributed by atoms with Gasteiger partial charge in [-0.05, 0) is 23.3 Å². The fourth-order valence-corrected chi connectivity index (χ4v) is 3.91. The monoisotopic (exact) mass is 471 g/mol. The fraction of sp³-hybridized carbons (Fsp3) is 0.231. The summed E-state index contributed by atoms with van der Waals surface area (Å²) >= 11 is 0. The van der Waals surface area contributed by atoms with Gasteiger partial charge in [-0.15, -0.1) is 0 Å². The van der Waals surface area contributed by atoms with Crippen molar-refractivity contribution in [3.05, 3.63) is 77.1 Å². The van der Waals surface area contributed by atoms with Crippen LogP contribution in [0.5, 0.6) is 0 Å². The number of hydrogen-bond donors (Lipinski definition) is 4. The SMILES string of the molecule is N=CN=C(N)c1[nH]c(C(=O)CN2CCOCC2)cc1-c1ccc(C=NCc2ccccc2)c(N)c1. The van der Waals surface area contributed by atoms with Crippen LogP contribution < -0.4 is 11.5 Å². The van der Waals surface area contributed by atoms with Gasteiger partial charge in [0.05, 0.1) is 37.7 Å². The molecule has 1 aliphatic rings. The van der Waals surface area contributed by atoms with Crippen molar-refractivity contribution >= 4 is 29.9 Å². The number of anilines is 1. The van der Waals surface area contributed by atoms with Gasteiger partial charge in [0.2, 0.25) is 0 Å². The van der Waals surface area contributed by atoms with Gasteiger partial charge < -0.3 is 21.2 Å². The molecule has 2 heterocycles. The number of aromatic amines is 1. The highest BCUT2D eigenvalue weighted by molar-refractivity contribution is 6.08. The van der Waals surface area contributed by atoms with E-state index in [-0.39, 0.29) is 18.2 Å². The van der Waals surface area contributed by atoms with Crippen molar-refractivity contribution in [2.45, 2.75) is 6.54 Å². The van der Waals surface area contributed by atoms with Gasteiger partial charge in [-0.1, -0.05) is 42.5 Å². The predicted octanol–water partition coefficient (Wildman–Crippen LogP) is 2.71. The maximum Gasteiger partial charge on any atom is 0.192 e. The summed E-state index contributed by atoms with van der Waals surface area (Å²) in [5.41, 5.74) is 17.3. The summed E-state index contributed by atoms with van der Waals surface area (Å²) in [6.07, 6.45) is 2.63. The number of aliphatic imine (C=N–C) groups is 2. The van der Waals surface area contributed by atoms with E-state index in [0.717, 1.165) is 23.0 Å². The van der Waals surface area contributed by atoms with E-state index in [9.17, 15) is 4.79 Å². The van der Waals surface area contributed by atoms with Gasteiger partial charge in [-0.3, -0.25) is 20.1 Å². The van der Waals surface area contributed by atoms with Crippen LogP contribution in [0, 0.1) is 5.41 Å². The van der Waals surface area contributed by atoms with Crippen molar-refractivity contribution in [1.29, 1.82) is 5.41 Å². The lowest BCUT2D eigenvalue weighted by Gasteiger charge is -2.25. The number of aromatic nitrogens is 1. The molecule has 4 rings (SSSR count). The first-order chi connectivity index (χ1) is 17.0. The maximum atomic E-state index is 13.0. The van der Waals surface area contributed by atoms with Gasteiger partial charge in [0.1, 0.15) is 12.2 Å². The quantitative estimate of drug-likeness (QED) is 0.164. The van der Waals surface area contributed by atoms with Crippen LogP contribution >= 0.6 is 0 Å². The molecule has 9 nitrogen and oxygen atoms in total. The zero-order chi connectivity index (χ0) is 24.6. The fourth-order valence-electron chi connectivity index (χ4n) is 3.91. The molecule has 0 radical (unpaired) electrons. The van der Waals surface area contributed by atoms with Crippen LogP contribution in [0.15, 0.2) is 64.6 Å². The number of carbonyl (C=O) groups excluding carboxylic acids is 1. The van der Waals surface area contributed by atoms with Crippen molar-refractivity contribution in [2.24, 2.45) is 15.7 Å². The molecular formula is C26H29N7O2. The van der Waals surface area contributed by atoms with Crippen LogP contribution in [0.2, 0.25) is 0 Å². The largest absolute Gasteiger partial charge is 0.398 e. The van der Waals surface area contributed by atoms with Gasteiger partial charge in [0, 0.05) is 36.1 Å². The first kappa shape index (κ1) is 24.1. The van der Waals surface area contributed by atoms with E-state index >= 15 is 0 Å². The Labute approximate surface area is 204 Å². The normalized spacial score (nSPS) is 14.9. The van der Waals surface area contributed by atoms with Crippen molar-refractivity contribution < 1.29 is 9.53 Å². The molecule has 35 heavy (non-hydrogen) atoms. The molecule has 0 spiro atoms. The maximum absolute atomic E-state index is 13.0. The van der Waals surface area contributed by atoms with Crippen LogP contribution in [0.3, 0.4) is 0 Å². The molecule has 0 unspecified atom stereocenters. The average molecular weight is 472 g/mol. The van der Waals surface area contributed by atoms with Crippen LogP contribution in [-0.2, 0) is 11.3 Å². The molecule has 1 aliphatic heterocycles. The summed E-state index contributed by atoms with van der Waals surface area (Å²) in [5.74, 6) is 0.0622. The summed E-state index contributed by atoms with van der Waals surface area (Å²) < 4.78 is 5.36. The van der Waals surface area contributed by atoms with Gasteiger partial charge in [-0.25, -0.2) is 4.99 Å². The number of nitrogen functional groups attached to an aromatic ring is 1. The zero-order valence-corrected chi connectivity index (χ0v) is 19.4. The van der Waals surface area contributed by atoms with E-state index in [1.54, 1.807) is 12.3 Å². The van der Waals surface area contributed by atoms with Crippen molar-refractivity contribution in [2.75, 3.05) is 38.6 Å². The minimum Gasteiger partial charge on any atom is -0.398 e. The highest BCUT2D eigenvalue weighted by Gasteiger charge is 2.21. The molecular weight excluding hydrogens is 442 g/mol. The molecule has 0 bridgehead atoms. The Hall–Kier alpha value is -4.08. The third-order valence-corrected chi connectivity index (χ3v) is 5.79. The number of nitrogens with two attached hydrogens (primary N) is 2. The predicted molar refractivity (Wildman–Crippen MR) is 139 cm³/mol. The van der Waals surface area contributed by atoms with Crippen LogP contribution in [0.4, 0.5) is 5.69 Å². The molecule has 1 saturated heterocycles. The van der Waals surface area contributed by atoms with E-state index in [4.69, 9.17) is 21.6 Å². The Balaban J connectivity index is 1.58. The minimum atomic E-state index is -0.0558. The summed E-state index contributed by atoms with van der Waals surface area (Å²) in [4.78, 5) is 26.5. The van der Waals surface area contributed by atoms with E-state index in [2.05, 4.69) is 19.9 Å². The molecule has 3 aromatic rings. The average Bonchev–Trinajstić information content (AvgIpc) is 3.32. The van der Waals surface area contributed by atoms with Crippen LogP contribution in [-0.4, -0.2) is 66.9 Å². The molecule has 9 heteroatoms. The summed E-state index contributed by atoms with van der Waals surface area (Å²) in [6, 6.07) is 17.4. The number of nitrogens with one attached hydrogen (secondary N) is 2. The van der Waals surface area contributed by atoms with Gasteiger partial charge in [-0.2, -0.15) is 0 Å². The first-order valence-corrected chi connectivity index (χ1v) is 11.4. The lowest BCUT2D eigenvalue weighted by Crippen LogP contribution is -2.39. The van der Waals surface area contributed by atoms with Crippen molar-refractivity contribution in [3.8, 4) is 11.1 Å². The number of benzene rings is 2. The van der Waals surface area contributed by atoms with Crippen molar-refractivity contribution in [3.63, 3.8) is 0 Å². The van der Waals surface area contributed by atoms with Gasteiger partial charge in [0.25, 0.3) is 0 Å². The number of rotatable bonds is 9. The Morgan fingerprint density at radius 1 is 1.14 bits per heavy atom. The zero-order valence-electron chi connectivity index (χ0n) is 19.4. The molecule has 0 aliphatic carbocycles. The molecule has 0 amide bonds. The second-order valence-electron chi connectivity index (χ2n) is 8.23. The van der Waals surface area contributed by atoms with E-state index < -0.39 is 0 Å². The topological polar surface area (TPSA) is 146 Å². The smallest absolute Gasteiger partial charge is 0.192 e. The number of ether oxygens (including phenoxy) is 1. The summed E-state index contributed by atoms with van der Waals surface area (Å²) in [7, 11) is 0. The Morgan fingerprint density at radius 3 is 2.63 bits per heavy atom. The third kappa shape index (κ3) is 6.08. The number of H-pyrrole nitrogens is 1. The number of amidine groups is 1. The van der Waals surface area contributed by atoms with Crippen molar-refractivity contribution in [1.82, 2.24) is 9.88 Å². The highest BCUT2D eigenvalue weighted by Crippen LogP contribution is 2.28. The molecule has 0 saturated carbocycles. The van der Waals surface area contributed by atoms with Gasteiger partial charge in [0.15, 0.2) is 5.78 Å². The number of hydrogen-bond acceptors (Lipinski definition) is 6. The Bertz CT molecular complexity index is 1240. The molecule has 180 valence electrons. The third-order valence-electron chi connectivity index (χ3n) is 5.79.